The number of hydrogen-bond donors (Lipinski definition) is 0. The Labute approximate surface area is 326 Å². The summed E-state index contributed by atoms with van der Waals surface area (Å²) in [6.45, 7) is 14.3. The number of fused-ring (bicyclic) bond motifs is 2. The lowest BCUT2D eigenvalue weighted by atomic mass is 10.0. The Morgan fingerprint density at radius 3 is 1.62 bits per heavy atom. The number of alkyl halides is 6. The highest BCUT2D eigenvalue weighted by atomic mass is 79.9. The molecule has 0 fully saturated rings. The van der Waals surface area contributed by atoms with Crippen LogP contribution in [0.25, 0.3) is 54.6 Å². The van der Waals surface area contributed by atoms with Gasteiger partial charge in [-0.1, -0.05) is 42.9 Å². The fourth-order valence-electron chi connectivity index (χ4n) is 5.15. The molecular weight excluding hydrogens is 826 g/mol. The molecule has 0 aliphatic carbocycles. The maximum Gasteiger partial charge on any atom is 0.433 e. The van der Waals surface area contributed by atoms with Gasteiger partial charge in [0, 0.05) is 46.8 Å². The molecule has 0 amide bonds. The third-order valence-corrected chi connectivity index (χ3v) is 8.42. The molecule has 0 saturated heterocycles. The Kier molecular flexibility index (Phi) is 11.4. The van der Waals surface area contributed by atoms with Crippen molar-refractivity contribution in [1.82, 2.24) is 38.7 Å². The zero-order chi connectivity index (χ0) is 40.0. The molecule has 0 aliphatic rings. The molecule has 56 heavy (non-hydrogen) atoms. The highest BCUT2D eigenvalue weighted by molar-refractivity contribution is 9.10. The van der Waals surface area contributed by atoms with Crippen LogP contribution in [0.5, 0.6) is 0 Å². The topological polar surface area (TPSA) is 94.9 Å². The molecule has 0 atom stereocenters. The van der Waals surface area contributed by atoms with Gasteiger partial charge in [0.1, 0.15) is 21.1 Å². The zero-order valence-corrected chi connectivity index (χ0v) is 30.4. The Morgan fingerprint density at radius 1 is 0.589 bits per heavy atom. The Bertz CT molecular complexity index is 2770. The molecule has 10 nitrogen and oxygen atoms in total. The van der Waals surface area contributed by atoms with Crippen LogP contribution in [0.1, 0.15) is 11.4 Å². The van der Waals surface area contributed by atoms with Gasteiger partial charge in [-0.05, 0) is 70.5 Å². The number of aromatic nitrogens is 8. The summed E-state index contributed by atoms with van der Waals surface area (Å²) in [5, 5.41) is 0.446. The molecule has 0 unspecified atom stereocenters. The van der Waals surface area contributed by atoms with Crippen LogP contribution in [0.2, 0.25) is 5.15 Å². The average Bonchev–Trinajstić information content (AvgIpc) is 3.81. The smallest absolute Gasteiger partial charge is 0.362 e. The molecule has 18 heteroatoms. The van der Waals surface area contributed by atoms with Gasteiger partial charge in [0.15, 0.2) is 0 Å². The van der Waals surface area contributed by atoms with E-state index in [4.69, 9.17) is 24.7 Å². The Morgan fingerprint density at radius 2 is 1.11 bits per heavy atom. The Hall–Kier alpha value is -6.69. The van der Waals surface area contributed by atoms with Crippen LogP contribution in [0.3, 0.4) is 0 Å². The van der Waals surface area contributed by atoms with E-state index in [0.717, 1.165) is 28.9 Å². The number of nitrogens with zero attached hydrogens (tertiary/aromatic N) is 10. The van der Waals surface area contributed by atoms with Gasteiger partial charge in [-0.2, -0.15) is 26.3 Å². The van der Waals surface area contributed by atoms with Crippen LogP contribution in [0.15, 0.2) is 127 Å². The third kappa shape index (κ3) is 8.81. The van der Waals surface area contributed by atoms with Crippen molar-refractivity contribution in [2.75, 3.05) is 0 Å². The molecule has 8 aromatic heterocycles. The van der Waals surface area contributed by atoms with E-state index in [0.29, 0.717) is 39.3 Å². The second-order valence-corrected chi connectivity index (χ2v) is 12.4. The highest BCUT2D eigenvalue weighted by Gasteiger charge is 2.33. The first-order chi connectivity index (χ1) is 26.8. The van der Waals surface area contributed by atoms with E-state index in [1.807, 2.05) is 30.5 Å². The van der Waals surface area contributed by atoms with Crippen molar-refractivity contribution >= 4 is 50.5 Å². The van der Waals surface area contributed by atoms with Gasteiger partial charge in [0.2, 0.25) is 11.3 Å². The van der Waals surface area contributed by atoms with Gasteiger partial charge >= 0.3 is 12.4 Å². The van der Waals surface area contributed by atoms with Crippen LogP contribution < -0.4 is 0 Å². The molecule has 0 aromatic carbocycles. The zero-order valence-electron chi connectivity index (χ0n) is 28.0. The van der Waals surface area contributed by atoms with E-state index in [1.165, 1.54) is 36.7 Å². The lowest BCUT2D eigenvalue weighted by Crippen LogP contribution is -2.08. The first-order valence-electron chi connectivity index (χ1n) is 15.8. The minimum atomic E-state index is -4.54. The van der Waals surface area contributed by atoms with Crippen molar-refractivity contribution in [3.05, 3.63) is 166 Å². The molecule has 0 bridgehead atoms. The quantitative estimate of drug-likeness (QED) is 0.0998. The summed E-state index contributed by atoms with van der Waals surface area (Å²) in [7, 11) is 0. The van der Waals surface area contributed by atoms with Crippen molar-refractivity contribution in [2.24, 2.45) is 0 Å². The Balaban J connectivity index is 0.000000157. The van der Waals surface area contributed by atoms with Gasteiger partial charge in [-0.15, -0.1) is 0 Å². The molecule has 0 aliphatic heterocycles. The van der Waals surface area contributed by atoms with Gasteiger partial charge in [-0.25, -0.2) is 33.7 Å². The van der Waals surface area contributed by atoms with Gasteiger partial charge < -0.3 is 9.69 Å². The largest absolute Gasteiger partial charge is 0.433 e. The molecule has 0 saturated carbocycles. The third-order valence-electron chi connectivity index (χ3n) is 7.68. The fraction of sp³-hybridized carbons (Fsp3) is 0.0526. The van der Waals surface area contributed by atoms with Gasteiger partial charge in [0.25, 0.3) is 11.6 Å². The van der Waals surface area contributed by atoms with Crippen molar-refractivity contribution in [2.45, 2.75) is 12.4 Å². The lowest BCUT2D eigenvalue weighted by molar-refractivity contribution is -0.142. The van der Waals surface area contributed by atoms with Gasteiger partial charge in [-0.3, -0.25) is 4.98 Å². The van der Waals surface area contributed by atoms with Crippen LogP contribution in [-0.2, 0) is 12.4 Å². The van der Waals surface area contributed by atoms with E-state index in [2.05, 4.69) is 55.5 Å². The number of imidazole rings is 2. The van der Waals surface area contributed by atoms with E-state index in [-0.39, 0.29) is 10.3 Å². The van der Waals surface area contributed by atoms with Crippen molar-refractivity contribution in [3.63, 3.8) is 0 Å². The van der Waals surface area contributed by atoms with Crippen molar-refractivity contribution in [1.29, 1.82) is 0 Å². The maximum absolute atomic E-state index is 13.0. The van der Waals surface area contributed by atoms with E-state index >= 15 is 0 Å². The summed E-state index contributed by atoms with van der Waals surface area (Å²) in [6, 6.07) is 21.8. The summed E-state index contributed by atoms with van der Waals surface area (Å²) < 4.78 is 78.2. The standard InChI is InChI=1S/C19H10F3N5.C13H7ClN4.C6H3BrF3N/c1-23-17-10-25-16-8-7-12(11-27(16)17)13-4-3-9-24-18(13)14-5-2-6-15(26-14)19(20,21)22;1-15-12-7-17-11-5-4-9(8-18(11)12)10-3-2-6-16-13(10)14;7-5-3-1-2-4(11-5)6(8,9)10/h2-11H;2-8H;1-3H. The number of pyridine rings is 6. The summed E-state index contributed by atoms with van der Waals surface area (Å²) in [5.74, 6) is 0.821. The molecule has 0 radical (unpaired) electrons. The van der Waals surface area contributed by atoms with Crippen LogP contribution in [-0.4, -0.2) is 38.7 Å². The predicted octanol–water partition coefficient (Wildman–Crippen LogP) is 11.5. The van der Waals surface area contributed by atoms with E-state index < -0.39 is 23.7 Å². The monoisotopic (exact) mass is 844 g/mol. The number of rotatable bonds is 3. The molecule has 8 rings (SSSR count). The number of hydrogen-bond acceptors (Lipinski definition) is 6. The molecule has 278 valence electrons. The summed E-state index contributed by atoms with van der Waals surface area (Å²) in [5.41, 5.74) is 2.97. The molecule has 8 heterocycles. The molecular formula is C38H20BrClF6N10. The van der Waals surface area contributed by atoms with Gasteiger partial charge in [0.05, 0.1) is 36.2 Å². The van der Waals surface area contributed by atoms with E-state index in [1.54, 1.807) is 51.7 Å². The summed E-state index contributed by atoms with van der Waals surface area (Å²) in [4.78, 5) is 30.4. The second-order valence-electron chi connectivity index (χ2n) is 11.2. The number of halogens is 8. The minimum Gasteiger partial charge on any atom is -0.362 e. The van der Waals surface area contributed by atoms with Crippen LogP contribution in [0.4, 0.5) is 38.0 Å². The SMILES string of the molecule is FC(F)(F)c1cccc(Br)n1.[C-]#[N+]c1cnc2ccc(-c3cccnc3-c3cccc(C(F)(F)F)n3)cn12.[C-]#[N+]c1cnc2ccc(-c3cccnc3Cl)cn12. The second kappa shape index (κ2) is 16.4. The molecule has 8 aromatic rings. The van der Waals surface area contributed by atoms with E-state index in [9.17, 15) is 26.3 Å². The maximum atomic E-state index is 13.0. The average molecular weight is 846 g/mol. The fourth-order valence-corrected chi connectivity index (χ4v) is 5.73. The highest BCUT2D eigenvalue weighted by Crippen LogP contribution is 2.34. The summed E-state index contributed by atoms with van der Waals surface area (Å²) in [6.07, 6.45) is 0.826. The first-order valence-corrected chi connectivity index (χ1v) is 16.9. The van der Waals surface area contributed by atoms with Crippen molar-refractivity contribution in [3.8, 4) is 33.6 Å². The van der Waals surface area contributed by atoms with Crippen LogP contribution >= 0.6 is 27.5 Å². The van der Waals surface area contributed by atoms with Crippen molar-refractivity contribution < 1.29 is 26.3 Å². The molecule has 0 spiro atoms. The van der Waals surface area contributed by atoms with Crippen LogP contribution in [0, 0.1) is 13.1 Å². The first kappa shape index (κ1) is 39.0. The predicted molar refractivity (Wildman–Crippen MR) is 200 cm³/mol. The molecule has 0 N–H and O–H groups in total. The normalized spacial score (nSPS) is 11.2. The lowest BCUT2D eigenvalue weighted by Gasteiger charge is -2.10. The summed E-state index contributed by atoms with van der Waals surface area (Å²) >= 11 is 8.90. The minimum absolute atomic E-state index is 0.122.